The molecule has 0 amide bonds. The fourth-order valence-electron chi connectivity index (χ4n) is 8.21. The van der Waals surface area contributed by atoms with E-state index in [2.05, 4.69) is 191 Å². The van der Waals surface area contributed by atoms with Crippen molar-refractivity contribution in [1.82, 2.24) is 24.1 Å². The first kappa shape index (κ1) is 31.9. The Bertz CT molecular complexity index is 3180. The van der Waals surface area contributed by atoms with E-state index in [0.29, 0.717) is 17.6 Å². The lowest BCUT2D eigenvalue weighted by Gasteiger charge is -2.17. The van der Waals surface area contributed by atoms with E-state index in [1.165, 1.54) is 21.9 Å². The van der Waals surface area contributed by atoms with E-state index in [0.717, 1.165) is 60.8 Å². The molecule has 0 saturated carbocycles. The molecule has 0 unspecified atom stereocenters. The molecule has 0 aliphatic rings. The molecule has 11 rings (SSSR count). The third-order valence-corrected chi connectivity index (χ3v) is 10.8. The maximum Gasteiger partial charge on any atom is 0.238 e. The van der Waals surface area contributed by atoms with Crippen molar-refractivity contribution in [2.45, 2.75) is 0 Å². The molecule has 11 aromatic rings. The average Bonchev–Trinajstić information content (AvgIpc) is 3.79. The molecular weight excluding hydrogens is 683 g/mol. The molecule has 0 bridgehead atoms. The van der Waals surface area contributed by atoms with Crippen LogP contribution in [0.5, 0.6) is 0 Å². The maximum atomic E-state index is 5.31. The van der Waals surface area contributed by atoms with Crippen LogP contribution >= 0.6 is 0 Å². The molecule has 5 heteroatoms. The number of aromatic nitrogens is 5. The Balaban J connectivity index is 1.20. The predicted octanol–water partition coefficient (Wildman–Crippen LogP) is 12.7. The lowest BCUT2D eigenvalue weighted by atomic mass is 10.0. The molecule has 0 saturated heterocycles. The summed E-state index contributed by atoms with van der Waals surface area (Å²) >= 11 is 0. The van der Waals surface area contributed by atoms with Gasteiger partial charge in [-0.15, -0.1) is 0 Å². The normalized spacial score (nSPS) is 11.6. The number of para-hydroxylation sites is 3. The van der Waals surface area contributed by atoms with Crippen LogP contribution in [0, 0.1) is 0 Å². The van der Waals surface area contributed by atoms with Gasteiger partial charge in [-0.05, 0) is 47.0 Å². The smallest absolute Gasteiger partial charge is 0.238 e. The van der Waals surface area contributed by atoms with Gasteiger partial charge >= 0.3 is 0 Å². The van der Waals surface area contributed by atoms with Gasteiger partial charge in [0.2, 0.25) is 5.95 Å². The number of fused-ring (bicyclic) bond motifs is 6. The SMILES string of the molecule is c1ccc(-c2ccc3c4ccccc4n(-c4cc(-c5nc(-c6ccccc6)nc(-n6c7ccccc7c7ccccc76)n5)ccc4-c4ccccc4)c3c2)cc1. The van der Waals surface area contributed by atoms with E-state index < -0.39 is 0 Å². The van der Waals surface area contributed by atoms with Gasteiger partial charge in [0.1, 0.15) is 0 Å². The van der Waals surface area contributed by atoms with Crippen LogP contribution < -0.4 is 0 Å². The summed E-state index contributed by atoms with van der Waals surface area (Å²) in [5.74, 6) is 1.79. The number of hydrogen-bond donors (Lipinski definition) is 0. The monoisotopic (exact) mass is 715 g/mol. The summed E-state index contributed by atoms with van der Waals surface area (Å²) in [6, 6.07) is 70.4. The zero-order valence-electron chi connectivity index (χ0n) is 30.3. The van der Waals surface area contributed by atoms with Gasteiger partial charge in [0.05, 0.1) is 27.8 Å². The van der Waals surface area contributed by atoms with Crippen LogP contribution in [0.2, 0.25) is 0 Å². The van der Waals surface area contributed by atoms with Gasteiger partial charge in [0.15, 0.2) is 11.6 Å². The Kier molecular flexibility index (Phi) is 7.42. The Morgan fingerprint density at radius 1 is 0.286 bits per heavy atom. The van der Waals surface area contributed by atoms with E-state index in [4.69, 9.17) is 15.0 Å². The highest BCUT2D eigenvalue weighted by Crippen LogP contribution is 2.40. The van der Waals surface area contributed by atoms with E-state index in [1.807, 2.05) is 18.2 Å². The second kappa shape index (κ2) is 13.0. The molecule has 8 aromatic carbocycles. The Morgan fingerprint density at radius 2 is 0.750 bits per heavy atom. The molecular formula is C51H33N5. The van der Waals surface area contributed by atoms with Crippen molar-refractivity contribution in [3.8, 4) is 56.7 Å². The molecule has 0 radical (unpaired) electrons. The summed E-state index contributed by atoms with van der Waals surface area (Å²) in [5.41, 5.74) is 11.8. The van der Waals surface area contributed by atoms with Crippen LogP contribution in [0.3, 0.4) is 0 Å². The molecule has 0 aliphatic carbocycles. The molecule has 262 valence electrons. The van der Waals surface area contributed by atoms with Gasteiger partial charge in [-0.1, -0.05) is 170 Å². The molecule has 5 nitrogen and oxygen atoms in total. The zero-order valence-corrected chi connectivity index (χ0v) is 30.3. The first-order valence-corrected chi connectivity index (χ1v) is 18.9. The average molecular weight is 716 g/mol. The third kappa shape index (κ3) is 5.21. The summed E-state index contributed by atoms with van der Waals surface area (Å²) in [6.07, 6.45) is 0. The van der Waals surface area contributed by atoms with Crippen molar-refractivity contribution >= 4 is 43.6 Å². The summed E-state index contributed by atoms with van der Waals surface area (Å²) in [6.45, 7) is 0. The third-order valence-electron chi connectivity index (χ3n) is 10.8. The molecule has 0 atom stereocenters. The van der Waals surface area contributed by atoms with Crippen molar-refractivity contribution in [2.75, 3.05) is 0 Å². The van der Waals surface area contributed by atoms with Crippen LogP contribution in [-0.2, 0) is 0 Å². The van der Waals surface area contributed by atoms with E-state index in [9.17, 15) is 0 Å². The van der Waals surface area contributed by atoms with E-state index in [-0.39, 0.29) is 0 Å². The Hall–Kier alpha value is -7.63. The number of hydrogen-bond acceptors (Lipinski definition) is 3. The van der Waals surface area contributed by atoms with Gasteiger partial charge in [-0.2, -0.15) is 9.97 Å². The lowest BCUT2D eigenvalue weighted by molar-refractivity contribution is 0.953. The first-order valence-electron chi connectivity index (χ1n) is 18.9. The second-order valence-electron chi connectivity index (χ2n) is 14.1. The van der Waals surface area contributed by atoms with Crippen molar-refractivity contribution in [2.24, 2.45) is 0 Å². The van der Waals surface area contributed by atoms with Gasteiger partial charge in [-0.25, -0.2) is 4.98 Å². The molecule has 0 spiro atoms. The number of benzene rings is 8. The van der Waals surface area contributed by atoms with Crippen LogP contribution in [-0.4, -0.2) is 24.1 Å². The summed E-state index contributed by atoms with van der Waals surface area (Å²) < 4.78 is 4.58. The molecule has 3 heterocycles. The van der Waals surface area contributed by atoms with Gasteiger partial charge in [-0.3, -0.25) is 4.57 Å². The minimum Gasteiger partial charge on any atom is -0.309 e. The number of nitrogens with zero attached hydrogens (tertiary/aromatic N) is 5. The highest BCUT2D eigenvalue weighted by atomic mass is 15.2. The second-order valence-corrected chi connectivity index (χ2v) is 14.1. The standard InChI is InChI=1S/C51H33N5/c1-4-16-34(17-5-1)37-28-31-43-42-24-10-13-25-44(42)55(48(43)32-37)47-33-38(29-30-39(47)35-18-6-2-7-19-35)50-52-49(36-20-8-3-9-21-36)53-51(54-50)56-45-26-14-11-22-40(45)41-23-12-15-27-46(41)56/h1-33H. The summed E-state index contributed by atoms with van der Waals surface area (Å²) in [7, 11) is 0. The lowest BCUT2D eigenvalue weighted by Crippen LogP contribution is -2.07. The highest BCUT2D eigenvalue weighted by molar-refractivity contribution is 6.11. The zero-order chi connectivity index (χ0) is 37.0. The van der Waals surface area contributed by atoms with E-state index in [1.54, 1.807) is 0 Å². The maximum absolute atomic E-state index is 5.31. The van der Waals surface area contributed by atoms with Crippen LogP contribution in [0.15, 0.2) is 200 Å². The van der Waals surface area contributed by atoms with E-state index >= 15 is 0 Å². The van der Waals surface area contributed by atoms with Crippen LogP contribution in [0.1, 0.15) is 0 Å². The predicted molar refractivity (Wildman–Crippen MR) is 230 cm³/mol. The van der Waals surface area contributed by atoms with Crippen LogP contribution in [0.25, 0.3) is 100 Å². The largest absolute Gasteiger partial charge is 0.309 e. The fourth-order valence-corrected chi connectivity index (χ4v) is 8.21. The van der Waals surface area contributed by atoms with Crippen LogP contribution in [0.4, 0.5) is 0 Å². The Morgan fingerprint density at radius 3 is 1.36 bits per heavy atom. The molecule has 0 fully saturated rings. The highest BCUT2D eigenvalue weighted by Gasteiger charge is 2.21. The van der Waals surface area contributed by atoms with Gasteiger partial charge in [0.25, 0.3) is 0 Å². The minimum absolute atomic E-state index is 0.573. The van der Waals surface area contributed by atoms with Crippen molar-refractivity contribution in [1.29, 1.82) is 0 Å². The molecule has 0 N–H and O–H groups in total. The van der Waals surface area contributed by atoms with Gasteiger partial charge < -0.3 is 4.57 Å². The minimum atomic E-state index is 0.573. The fraction of sp³-hybridized carbons (Fsp3) is 0. The van der Waals surface area contributed by atoms with Crippen molar-refractivity contribution in [3.63, 3.8) is 0 Å². The molecule has 56 heavy (non-hydrogen) atoms. The van der Waals surface area contributed by atoms with Crippen molar-refractivity contribution in [3.05, 3.63) is 200 Å². The molecule has 3 aromatic heterocycles. The number of rotatable bonds is 6. The first-order chi connectivity index (χ1) is 27.8. The molecule has 0 aliphatic heterocycles. The van der Waals surface area contributed by atoms with Crippen molar-refractivity contribution < 1.29 is 0 Å². The van der Waals surface area contributed by atoms with Gasteiger partial charge in [0, 0.05) is 38.2 Å². The Labute approximate surface area is 323 Å². The topological polar surface area (TPSA) is 48.5 Å². The summed E-state index contributed by atoms with van der Waals surface area (Å²) in [5, 5.41) is 4.71. The quantitative estimate of drug-likeness (QED) is 0.172. The summed E-state index contributed by atoms with van der Waals surface area (Å²) in [4.78, 5) is 15.7.